The van der Waals surface area contributed by atoms with Gasteiger partial charge in [-0.05, 0) is 58.0 Å². The molecule has 2 rings (SSSR count). The molecule has 2 N–H and O–H groups in total. The van der Waals surface area contributed by atoms with E-state index in [4.69, 9.17) is 0 Å². The molecule has 1 aliphatic carbocycles. The van der Waals surface area contributed by atoms with Crippen molar-refractivity contribution in [2.75, 3.05) is 20.1 Å². The van der Waals surface area contributed by atoms with Crippen LogP contribution in [0.5, 0.6) is 0 Å². The summed E-state index contributed by atoms with van der Waals surface area (Å²) < 4.78 is 39.6. The van der Waals surface area contributed by atoms with Gasteiger partial charge in [-0.25, -0.2) is 0 Å². The van der Waals surface area contributed by atoms with Gasteiger partial charge in [0.2, 0.25) is 5.91 Å². The van der Waals surface area contributed by atoms with Crippen LogP contribution >= 0.6 is 0 Å². The lowest BCUT2D eigenvalue weighted by Gasteiger charge is -2.27. The molecule has 1 aliphatic heterocycles. The summed E-state index contributed by atoms with van der Waals surface area (Å²) in [6, 6.07) is 0. The lowest BCUT2D eigenvalue weighted by molar-refractivity contribution is -0.124. The van der Waals surface area contributed by atoms with Crippen LogP contribution in [-0.4, -0.2) is 43.5 Å². The van der Waals surface area contributed by atoms with Gasteiger partial charge in [-0.1, -0.05) is 13.0 Å². The number of amides is 1. The number of rotatable bonds is 7. The number of alkyl halides is 3. The smallest absolute Gasteiger partial charge is 0.351 e. The summed E-state index contributed by atoms with van der Waals surface area (Å²) in [6.45, 7) is 7.14. The van der Waals surface area contributed by atoms with Crippen molar-refractivity contribution in [2.45, 2.75) is 51.7 Å². The van der Waals surface area contributed by atoms with E-state index in [-0.39, 0.29) is 24.0 Å². The number of fused-ring (bicyclic) bond motifs is 1. The molecule has 0 radical (unpaired) electrons. The van der Waals surface area contributed by atoms with Crippen molar-refractivity contribution in [3.05, 3.63) is 11.6 Å². The van der Waals surface area contributed by atoms with E-state index in [0.717, 1.165) is 13.1 Å². The molecule has 0 spiro atoms. The summed E-state index contributed by atoms with van der Waals surface area (Å²) in [5.74, 6) is 0.933. The molecule has 7 heteroatoms. The largest absolute Gasteiger partial charge is 0.417 e. The van der Waals surface area contributed by atoms with Crippen molar-refractivity contribution in [3.63, 3.8) is 0 Å². The van der Waals surface area contributed by atoms with Crippen LogP contribution in [0.25, 0.3) is 0 Å². The first-order chi connectivity index (χ1) is 11.6. The molecule has 1 saturated carbocycles. The fourth-order valence-electron chi connectivity index (χ4n) is 3.69. The molecule has 0 bridgehead atoms. The van der Waals surface area contributed by atoms with Crippen molar-refractivity contribution in [2.24, 2.45) is 22.7 Å². The molecule has 2 fully saturated rings. The molecule has 3 atom stereocenters. The van der Waals surface area contributed by atoms with E-state index < -0.39 is 17.3 Å². The highest BCUT2D eigenvalue weighted by atomic mass is 19.4. The Morgan fingerprint density at radius 2 is 1.88 bits per heavy atom. The molecule has 1 unspecified atom stereocenters. The van der Waals surface area contributed by atoms with E-state index >= 15 is 0 Å². The summed E-state index contributed by atoms with van der Waals surface area (Å²) in [5, 5.41) is 6.26. The normalized spacial score (nSPS) is 27.2. The highest BCUT2D eigenvalue weighted by Gasteiger charge is 2.57. The number of piperidine rings is 1. The third-order valence-electron chi connectivity index (χ3n) is 5.14. The van der Waals surface area contributed by atoms with Crippen LogP contribution in [0.3, 0.4) is 0 Å². The van der Waals surface area contributed by atoms with Gasteiger partial charge in [-0.3, -0.25) is 9.79 Å². The number of halogens is 3. The van der Waals surface area contributed by atoms with E-state index in [1.165, 1.54) is 13.1 Å². The molecule has 4 nitrogen and oxygen atoms in total. The van der Waals surface area contributed by atoms with Crippen molar-refractivity contribution in [1.82, 2.24) is 10.6 Å². The predicted octanol–water partition coefficient (Wildman–Crippen LogP) is 3.10. The van der Waals surface area contributed by atoms with E-state index in [1.807, 2.05) is 13.8 Å². The maximum atomic E-state index is 13.2. The zero-order chi connectivity index (χ0) is 18.8. The number of aliphatic imine (C=N–C) groups is 1. The molecule has 25 heavy (non-hydrogen) atoms. The fourth-order valence-corrected chi connectivity index (χ4v) is 3.69. The summed E-state index contributed by atoms with van der Waals surface area (Å²) in [6.07, 6.45) is -2.35. The van der Waals surface area contributed by atoms with Crippen LogP contribution in [0.15, 0.2) is 16.6 Å². The Morgan fingerprint density at radius 3 is 2.36 bits per heavy atom. The quantitative estimate of drug-likeness (QED) is 0.687. The van der Waals surface area contributed by atoms with Gasteiger partial charge in [0.15, 0.2) is 0 Å². The summed E-state index contributed by atoms with van der Waals surface area (Å²) >= 11 is 0. The van der Waals surface area contributed by atoms with Crippen LogP contribution in [0, 0.1) is 17.8 Å². The predicted molar refractivity (Wildman–Crippen MR) is 92.6 cm³/mol. The molecule has 0 aromatic carbocycles. The van der Waals surface area contributed by atoms with Gasteiger partial charge in [-0.2, -0.15) is 13.2 Å². The van der Waals surface area contributed by atoms with Gasteiger partial charge in [-0.15, -0.1) is 0 Å². The zero-order valence-electron chi connectivity index (χ0n) is 15.3. The minimum atomic E-state index is -4.41. The maximum absolute atomic E-state index is 13.2. The van der Waals surface area contributed by atoms with Crippen molar-refractivity contribution in [3.8, 4) is 0 Å². The average Bonchev–Trinajstić information content (AvgIpc) is 2.99. The molecule has 0 aromatic heterocycles. The first kappa shape index (κ1) is 19.9. The van der Waals surface area contributed by atoms with E-state index in [2.05, 4.69) is 15.6 Å². The molecule has 1 amide bonds. The van der Waals surface area contributed by atoms with Gasteiger partial charge in [0, 0.05) is 24.2 Å². The summed E-state index contributed by atoms with van der Waals surface area (Å²) in [5.41, 5.74) is -1.19. The highest BCUT2D eigenvalue weighted by Crippen LogP contribution is 2.48. The van der Waals surface area contributed by atoms with Crippen LogP contribution in [0.4, 0.5) is 13.2 Å². The number of hydrogen-bond acceptors (Lipinski definition) is 3. The minimum Gasteiger partial charge on any atom is -0.351 e. The van der Waals surface area contributed by atoms with E-state index in [9.17, 15) is 18.0 Å². The number of nitrogens with one attached hydrogen (secondary N) is 2. The minimum absolute atomic E-state index is 0.0247. The SMILES string of the molecule is CC/C=C(\C(CCC(C)(C)NC(=O)C1[C@H]2CNC[C@@H]12)=NC)C(F)(F)F. The number of carbonyl (C=O) groups excluding carboxylic acids is 1. The second kappa shape index (κ2) is 7.48. The number of carbonyl (C=O) groups is 1. The third-order valence-corrected chi connectivity index (χ3v) is 5.14. The van der Waals surface area contributed by atoms with Crippen LogP contribution in [-0.2, 0) is 4.79 Å². The first-order valence-corrected chi connectivity index (χ1v) is 8.87. The monoisotopic (exact) mass is 359 g/mol. The van der Waals surface area contributed by atoms with Gasteiger partial charge in [0.25, 0.3) is 0 Å². The zero-order valence-corrected chi connectivity index (χ0v) is 15.3. The molecule has 2 aliphatic rings. The van der Waals surface area contributed by atoms with Crippen LogP contribution in [0.2, 0.25) is 0 Å². The second-order valence-electron chi connectivity index (χ2n) is 7.58. The topological polar surface area (TPSA) is 53.5 Å². The second-order valence-corrected chi connectivity index (χ2v) is 7.58. The third kappa shape index (κ3) is 4.84. The number of nitrogens with zero attached hydrogens (tertiary/aromatic N) is 1. The van der Waals surface area contributed by atoms with Crippen LogP contribution < -0.4 is 10.6 Å². The Morgan fingerprint density at radius 1 is 1.28 bits per heavy atom. The van der Waals surface area contributed by atoms with Crippen molar-refractivity contribution in [1.29, 1.82) is 0 Å². The standard InChI is InChI=1S/C18H28F3N3O/c1-5-6-13(18(19,20)21)14(22-4)7-8-17(2,3)24-16(25)15-11-9-23-10-12(11)15/h6,11-12,15,23H,5,7-10H2,1-4H3,(H,24,25)/b13-6+,22-14?/t11-,12+,15?. The van der Waals surface area contributed by atoms with Crippen molar-refractivity contribution >= 4 is 11.6 Å². The van der Waals surface area contributed by atoms with E-state index in [0.29, 0.717) is 24.7 Å². The van der Waals surface area contributed by atoms with Gasteiger partial charge in [0.1, 0.15) is 0 Å². The molecular weight excluding hydrogens is 331 g/mol. The maximum Gasteiger partial charge on any atom is 0.417 e. The Balaban J connectivity index is 1.93. The van der Waals surface area contributed by atoms with Crippen LogP contribution in [0.1, 0.15) is 40.0 Å². The van der Waals surface area contributed by atoms with Gasteiger partial charge < -0.3 is 10.6 Å². The lowest BCUT2D eigenvalue weighted by Crippen LogP contribution is -2.45. The highest BCUT2D eigenvalue weighted by molar-refractivity contribution is 6.01. The molecule has 142 valence electrons. The average molecular weight is 359 g/mol. The van der Waals surface area contributed by atoms with Gasteiger partial charge >= 0.3 is 6.18 Å². The Labute approximate surface area is 147 Å². The summed E-state index contributed by atoms with van der Waals surface area (Å²) in [7, 11) is 1.38. The Bertz CT molecular complexity index is 556. The molecule has 1 saturated heterocycles. The van der Waals surface area contributed by atoms with E-state index in [1.54, 1.807) is 6.92 Å². The lowest BCUT2D eigenvalue weighted by atomic mass is 9.93. The summed E-state index contributed by atoms with van der Waals surface area (Å²) in [4.78, 5) is 16.2. The number of allylic oxidation sites excluding steroid dienone is 2. The fraction of sp³-hybridized carbons (Fsp3) is 0.778. The number of hydrogen-bond donors (Lipinski definition) is 2. The Hall–Kier alpha value is -1.37. The van der Waals surface area contributed by atoms with Gasteiger partial charge in [0.05, 0.1) is 5.57 Å². The Kier molecular flexibility index (Phi) is 5.97. The molecular formula is C18H28F3N3O. The first-order valence-electron chi connectivity index (χ1n) is 8.87. The molecule has 0 aromatic rings. The van der Waals surface area contributed by atoms with Crippen molar-refractivity contribution < 1.29 is 18.0 Å². The molecule has 1 heterocycles.